The largest absolute Gasteiger partial charge is 0.378 e. The van der Waals surface area contributed by atoms with Crippen molar-refractivity contribution in [1.29, 1.82) is 0 Å². The van der Waals surface area contributed by atoms with Gasteiger partial charge in [-0.1, -0.05) is 6.07 Å². The predicted octanol–water partition coefficient (Wildman–Crippen LogP) is 1.83. The van der Waals surface area contributed by atoms with Crippen LogP contribution in [0, 0.1) is 0 Å². The van der Waals surface area contributed by atoms with Crippen molar-refractivity contribution in [2.45, 2.75) is 11.8 Å². The van der Waals surface area contributed by atoms with Gasteiger partial charge < -0.3 is 10.2 Å². The molecule has 0 atom stereocenters. The molecule has 8 heteroatoms. The minimum Gasteiger partial charge on any atom is -0.378 e. The SMILES string of the molecule is CC(=O)NS(=O)(=O)c1ccc(NC(=O)c2cccc(N(C)C)c2)cc1. The summed E-state index contributed by atoms with van der Waals surface area (Å²) in [6.07, 6.45) is 0. The Morgan fingerprint density at radius 2 is 1.64 bits per heavy atom. The van der Waals surface area contributed by atoms with Crippen molar-refractivity contribution < 1.29 is 18.0 Å². The van der Waals surface area contributed by atoms with E-state index in [9.17, 15) is 18.0 Å². The Hall–Kier alpha value is -2.87. The van der Waals surface area contributed by atoms with Crippen LogP contribution < -0.4 is 14.9 Å². The molecule has 2 aromatic rings. The van der Waals surface area contributed by atoms with E-state index < -0.39 is 15.9 Å². The summed E-state index contributed by atoms with van der Waals surface area (Å²) < 4.78 is 25.6. The van der Waals surface area contributed by atoms with Gasteiger partial charge in [-0.2, -0.15) is 0 Å². The van der Waals surface area contributed by atoms with Crippen LogP contribution in [0.15, 0.2) is 53.4 Å². The second-order valence-corrected chi connectivity index (χ2v) is 7.27. The summed E-state index contributed by atoms with van der Waals surface area (Å²) in [6, 6.07) is 12.7. The van der Waals surface area contributed by atoms with Gasteiger partial charge in [-0.25, -0.2) is 13.1 Å². The molecule has 0 heterocycles. The third-order valence-corrected chi connectivity index (χ3v) is 4.77. The van der Waals surface area contributed by atoms with Crippen molar-refractivity contribution in [2.75, 3.05) is 24.3 Å². The van der Waals surface area contributed by atoms with Gasteiger partial charge in [0.2, 0.25) is 5.91 Å². The fourth-order valence-corrected chi connectivity index (χ4v) is 3.08. The minimum absolute atomic E-state index is 0.0599. The molecule has 25 heavy (non-hydrogen) atoms. The molecule has 7 nitrogen and oxygen atoms in total. The van der Waals surface area contributed by atoms with E-state index in [1.165, 1.54) is 24.3 Å². The Labute approximate surface area is 146 Å². The molecule has 0 bridgehead atoms. The Morgan fingerprint density at radius 3 is 2.20 bits per heavy atom. The predicted molar refractivity (Wildman–Crippen MR) is 96.2 cm³/mol. The third-order valence-electron chi connectivity index (χ3n) is 3.33. The van der Waals surface area contributed by atoms with Crippen LogP contribution in [0.1, 0.15) is 17.3 Å². The highest BCUT2D eigenvalue weighted by Crippen LogP contribution is 2.17. The monoisotopic (exact) mass is 361 g/mol. The van der Waals surface area contributed by atoms with E-state index in [1.807, 2.05) is 29.8 Å². The lowest BCUT2D eigenvalue weighted by Crippen LogP contribution is -2.28. The number of nitrogens with zero attached hydrogens (tertiary/aromatic N) is 1. The van der Waals surface area contributed by atoms with Crippen LogP contribution in [0.3, 0.4) is 0 Å². The van der Waals surface area contributed by atoms with Crippen LogP contribution in [0.5, 0.6) is 0 Å². The molecule has 0 spiro atoms. The normalized spacial score (nSPS) is 10.8. The molecule has 0 aromatic heterocycles. The highest BCUT2D eigenvalue weighted by atomic mass is 32.2. The van der Waals surface area contributed by atoms with Crippen molar-refractivity contribution in [3.05, 3.63) is 54.1 Å². The van der Waals surface area contributed by atoms with Gasteiger partial charge in [-0.3, -0.25) is 9.59 Å². The first-order chi connectivity index (χ1) is 11.7. The lowest BCUT2D eigenvalue weighted by atomic mass is 10.1. The first kappa shape index (κ1) is 18.5. The number of hydrogen-bond donors (Lipinski definition) is 2. The Bertz CT molecular complexity index is 890. The zero-order chi connectivity index (χ0) is 18.6. The van der Waals surface area contributed by atoms with Crippen LogP contribution in [-0.2, 0) is 14.8 Å². The standard InChI is InChI=1S/C17H19N3O4S/c1-12(21)19-25(23,24)16-9-7-14(8-10-16)18-17(22)13-5-4-6-15(11-13)20(2)3/h4-11H,1-3H3,(H,18,22)(H,19,21). The van der Waals surface area contributed by atoms with Gasteiger partial charge in [-0.15, -0.1) is 0 Å². The van der Waals surface area contributed by atoms with Gasteiger partial charge in [-0.05, 0) is 42.5 Å². The van der Waals surface area contributed by atoms with Gasteiger partial charge in [0, 0.05) is 38.0 Å². The van der Waals surface area contributed by atoms with E-state index in [0.717, 1.165) is 12.6 Å². The van der Waals surface area contributed by atoms with E-state index in [4.69, 9.17) is 0 Å². The van der Waals surface area contributed by atoms with Gasteiger partial charge in [0.1, 0.15) is 0 Å². The topological polar surface area (TPSA) is 95.6 Å². The molecule has 0 aliphatic rings. The van der Waals surface area contributed by atoms with Crippen LogP contribution >= 0.6 is 0 Å². The lowest BCUT2D eigenvalue weighted by molar-refractivity contribution is -0.117. The molecule has 0 saturated heterocycles. The molecular formula is C17H19N3O4S. The highest BCUT2D eigenvalue weighted by molar-refractivity contribution is 7.90. The molecule has 0 aliphatic carbocycles. The van der Waals surface area contributed by atoms with Crippen LogP contribution in [0.4, 0.5) is 11.4 Å². The molecule has 0 saturated carbocycles. The van der Waals surface area contributed by atoms with Gasteiger partial charge in [0.05, 0.1) is 4.90 Å². The zero-order valence-electron chi connectivity index (χ0n) is 14.1. The first-order valence-corrected chi connectivity index (χ1v) is 8.89. The number of rotatable bonds is 5. The van der Waals surface area contributed by atoms with Gasteiger partial charge in [0.15, 0.2) is 0 Å². The maximum Gasteiger partial charge on any atom is 0.264 e. The van der Waals surface area contributed by atoms with E-state index in [-0.39, 0.29) is 10.8 Å². The van der Waals surface area contributed by atoms with E-state index in [0.29, 0.717) is 11.3 Å². The number of amides is 2. The molecule has 0 unspecified atom stereocenters. The lowest BCUT2D eigenvalue weighted by Gasteiger charge is -2.13. The summed E-state index contributed by atoms with van der Waals surface area (Å²) in [7, 11) is -0.129. The fraction of sp³-hybridized carbons (Fsp3) is 0.176. The maximum absolute atomic E-state index is 12.3. The van der Waals surface area contributed by atoms with E-state index in [1.54, 1.807) is 18.2 Å². The van der Waals surface area contributed by atoms with Crippen LogP contribution in [-0.4, -0.2) is 34.3 Å². The molecular weight excluding hydrogens is 342 g/mol. The Kier molecular flexibility index (Phi) is 5.43. The fourth-order valence-electron chi connectivity index (χ4n) is 2.09. The highest BCUT2D eigenvalue weighted by Gasteiger charge is 2.15. The number of benzene rings is 2. The minimum atomic E-state index is -3.89. The summed E-state index contributed by atoms with van der Waals surface area (Å²) >= 11 is 0. The van der Waals surface area contributed by atoms with Crippen molar-refractivity contribution in [3.63, 3.8) is 0 Å². The molecule has 0 fully saturated rings. The number of hydrogen-bond acceptors (Lipinski definition) is 5. The number of anilines is 2. The summed E-state index contributed by atoms with van der Waals surface area (Å²) in [4.78, 5) is 25.1. The number of carbonyl (C=O) groups excluding carboxylic acids is 2. The number of sulfonamides is 1. The molecule has 0 aliphatic heterocycles. The smallest absolute Gasteiger partial charge is 0.264 e. The molecule has 2 rings (SSSR count). The molecule has 0 radical (unpaired) electrons. The molecule has 2 amide bonds. The van der Waals surface area contributed by atoms with Crippen molar-refractivity contribution in [1.82, 2.24) is 4.72 Å². The summed E-state index contributed by atoms with van der Waals surface area (Å²) in [6.45, 7) is 1.12. The number of carbonyl (C=O) groups is 2. The average molecular weight is 361 g/mol. The summed E-state index contributed by atoms with van der Waals surface area (Å²) in [5.74, 6) is -0.973. The van der Waals surface area contributed by atoms with Crippen LogP contribution in [0.2, 0.25) is 0 Å². The van der Waals surface area contributed by atoms with Crippen molar-refractivity contribution >= 4 is 33.2 Å². The number of nitrogens with one attached hydrogen (secondary N) is 2. The zero-order valence-corrected chi connectivity index (χ0v) is 14.9. The van der Waals surface area contributed by atoms with Crippen LogP contribution in [0.25, 0.3) is 0 Å². The van der Waals surface area contributed by atoms with E-state index in [2.05, 4.69) is 5.32 Å². The maximum atomic E-state index is 12.3. The quantitative estimate of drug-likeness (QED) is 0.847. The molecule has 132 valence electrons. The van der Waals surface area contributed by atoms with Gasteiger partial charge >= 0.3 is 0 Å². The Balaban J connectivity index is 2.15. The first-order valence-electron chi connectivity index (χ1n) is 7.41. The van der Waals surface area contributed by atoms with Crippen molar-refractivity contribution in [2.24, 2.45) is 0 Å². The second kappa shape index (κ2) is 7.35. The summed E-state index contributed by atoms with van der Waals surface area (Å²) in [5.41, 5.74) is 1.83. The Morgan fingerprint density at radius 1 is 1.00 bits per heavy atom. The van der Waals surface area contributed by atoms with E-state index >= 15 is 0 Å². The van der Waals surface area contributed by atoms with Gasteiger partial charge in [0.25, 0.3) is 15.9 Å². The second-order valence-electron chi connectivity index (χ2n) is 5.58. The molecule has 2 aromatic carbocycles. The summed E-state index contributed by atoms with van der Waals surface area (Å²) in [5, 5.41) is 2.70. The average Bonchev–Trinajstić information content (AvgIpc) is 2.54. The van der Waals surface area contributed by atoms with Crippen molar-refractivity contribution in [3.8, 4) is 0 Å². The molecule has 2 N–H and O–H groups in total. The third kappa shape index (κ3) is 4.80.